The van der Waals surface area contributed by atoms with Gasteiger partial charge in [-0.3, -0.25) is 14.7 Å². The first-order chi connectivity index (χ1) is 15.7. The van der Waals surface area contributed by atoms with Crippen LogP contribution in [0.5, 0.6) is 11.5 Å². The monoisotopic (exact) mass is 447 g/mol. The molecule has 4 rings (SSSR count). The van der Waals surface area contributed by atoms with Gasteiger partial charge in [-0.15, -0.1) is 0 Å². The SMILES string of the molecule is CCOc1ccc(CC(=O)N(Cc2ccccn2)c2nc3c(OCC)cccc3s2)cc1. The van der Waals surface area contributed by atoms with E-state index < -0.39 is 0 Å². The standard InChI is InChI=1S/C25H25N3O3S/c1-3-30-20-13-11-18(12-14-20)16-23(29)28(17-19-8-5-6-15-26-19)25-27-24-21(31-4-2)9-7-10-22(24)32-25/h5-15H,3-4,16-17H2,1-2H3. The molecule has 0 atom stereocenters. The number of para-hydroxylation sites is 1. The van der Waals surface area contributed by atoms with E-state index >= 15 is 0 Å². The highest BCUT2D eigenvalue weighted by Crippen LogP contribution is 2.35. The molecule has 4 aromatic rings. The number of ether oxygens (including phenoxy) is 2. The zero-order valence-electron chi connectivity index (χ0n) is 18.2. The van der Waals surface area contributed by atoms with Crippen molar-refractivity contribution in [2.24, 2.45) is 0 Å². The lowest BCUT2D eigenvalue weighted by molar-refractivity contribution is -0.118. The summed E-state index contributed by atoms with van der Waals surface area (Å²) in [5.41, 5.74) is 2.49. The van der Waals surface area contributed by atoms with E-state index in [2.05, 4.69) is 4.98 Å². The van der Waals surface area contributed by atoms with Crippen LogP contribution in [0.2, 0.25) is 0 Å². The highest BCUT2D eigenvalue weighted by Gasteiger charge is 2.22. The maximum absolute atomic E-state index is 13.4. The van der Waals surface area contributed by atoms with Crippen LogP contribution in [0.3, 0.4) is 0 Å². The third-order valence-corrected chi connectivity index (χ3v) is 5.88. The summed E-state index contributed by atoms with van der Waals surface area (Å²) in [7, 11) is 0. The lowest BCUT2D eigenvalue weighted by Gasteiger charge is -2.19. The Kier molecular flexibility index (Phi) is 6.97. The van der Waals surface area contributed by atoms with E-state index in [9.17, 15) is 4.79 Å². The van der Waals surface area contributed by atoms with Crippen LogP contribution in [0, 0.1) is 0 Å². The molecule has 6 nitrogen and oxygen atoms in total. The maximum atomic E-state index is 13.4. The number of benzene rings is 2. The quantitative estimate of drug-likeness (QED) is 0.350. The normalized spacial score (nSPS) is 10.8. The van der Waals surface area contributed by atoms with Gasteiger partial charge in [0, 0.05) is 6.20 Å². The Hall–Kier alpha value is -3.45. The van der Waals surface area contributed by atoms with Crippen molar-refractivity contribution in [1.82, 2.24) is 9.97 Å². The molecule has 2 aromatic heterocycles. The number of carbonyl (C=O) groups excluding carboxylic acids is 1. The van der Waals surface area contributed by atoms with Gasteiger partial charge in [-0.1, -0.05) is 35.6 Å². The molecule has 0 saturated carbocycles. The average Bonchev–Trinajstić information content (AvgIpc) is 3.25. The number of rotatable bonds is 9. The predicted octanol–water partition coefficient (Wildman–Crippen LogP) is 5.26. The van der Waals surface area contributed by atoms with E-state index in [4.69, 9.17) is 14.5 Å². The molecule has 7 heteroatoms. The molecule has 0 unspecified atom stereocenters. The van der Waals surface area contributed by atoms with Crippen molar-refractivity contribution in [3.63, 3.8) is 0 Å². The Morgan fingerprint density at radius 1 is 0.969 bits per heavy atom. The van der Waals surface area contributed by atoms with Crippen molar-refractivity contribution in [2.45, 2.75) is 26.8 Å². The summed E-state index contributed by atoms with van der Waals surface area (Å²) in [6.07, 6.45) is 1.99. The number of fused-ring (bicyclic) bond motifs is 1. The second kappa shape index (κ2) is 10.2. The number of thiazole rings is 1. The van der Waals surface area contributed by atoms with Gasteiger partial charge in [0.25, 0.3) is 0 Å². The fraction of sp³-hybridized carbons (Fsp3) is 0.240. The summed E-state index contributed by atoms with van der Waals surface area (Å²) >= 11 is 1.48. The van der Waals surface area contributed by atoms with Gasteiger partial charge >= 0.3 is 0 Å². The molecule has 0 aliphatic carbocycles. The zero-order chi connectivity index (χ0) is 22.3. The van der Waals surface area contributed by atoms with Crippen LogP contribution >= 0.6 is 11.3 Å². The van der Waals surface area contributed by atoms with Gasteiger partial charge in [0.05, 0.1) is 36.6 Å². The molecule has 0 radical (unpaired) electrons. The topological polar surface area (TPSA) is 64.5 Å². The number of nitrogens with zero attached hydrogens (tertiary/aromatic N) is 3. The Labute approximate surface area is 191 Å². The molecule has 2 heterocycles. The average molecular weight is 448 g/mol. The summed E-state index contributed by atoms with van der Waals surface area (Å²) in [6, 6.07) is 19.2. The molecule has 0 N–H and O–H groups in total. The van der Waals surface area contributed by atoms with E-state index in [1.165, 1.54) is 11.3 Å². The van der Waals surface area contributed by atoms with Crippen molar-refractivity contribution >= 4 is 32.6 Å². The first kappa shape index (κ1) is 21.8. The zero-order valence-corrected chi connectivity index (χ0v) is 19.0. The largest absolute Gasteiger partial charge is 0.494 e. The first-order valence-corrected chi connectivity index (χ1v) is 11.4. The minimum Gasteiger partial charge on any atom is -0.494 e. The summed E-state index contributed by atoms with van der Waals surface area (Å²) in [6.45, 7) is 5.40. The number of anilines is 1. The second-order valence-electron chi connectivity index (χ2n) is 7.09. The Morgan fingerprint density at radius 2 is 1.78 bits per heavy atom. The Bertz CT molecular complexity index is 1180. The predicted molar refractivity (Wildman–Crippen MR) is 128 cm³/mol. The van der Waals surface area contributed by atoms with Crippen LogP contribution in [0.4, 0.5) is 5.13 Å². The summed E-state index contributed by atoms with van der Waals surface area (Å²) in [5, 5.41) is 0.633. The van der Waals surface area contributed by atoms with Crippen LogP contribution in [0.25, 0.3) is 10.2 Å². The number of hydrogen-bond acceptors (Lipinski definition) is 6. The van der Waals surface area contributed by atoms with Crippen molar-refractivity contribution in [3.05, 3.63) is 78.1 Å². The molecule has 0 saturated heterocycles. The molecule has 2 aromatic carbocycles. The minimum atomic E-state index is -0.0446. The molecule has 0 bridgehead atoms. The fourth-order valence-electron chi connectivity index (χ4n) is 3.36. The molecule has 0 aliphatic heterocycles. The van der Waals surface area contributed by atoms with Gasteiger partial charge in [0.1, 0.15) is 17.0 Å². The molecule has 164 valence electrons. The molecular formula is C25H25N3O3S. The minimum absolute atomic E-state index is 0.0446. The molecule has 32 heavy (non-hydrogen) atoms. The first-order valence-electron chi connectivity index (χ1n) is 10.6. The van der Waals surface area contributed by atoms with Gasteiger partial charge in [-0.2, -0.15) is 0 Å². The Morgan fingerprint density at radius 3 is 2.50 bits per heavy atom. The third kappa shape index (κ3) is 5.06. The molecule has 0 fully saturated rings. The van der Waals surface area contributed by atoms with Gasteiger partial charge in [0.2, 0.25) is 5.91 Å². The van der Waals surface area contributed by atoms with E-state index in [1.54, 1.807) is 11.1 Å². The van der Waals surface area contributed by atoms with Gasteiger partial charge in [-0.25, -0.2) is 4.98 Å². The molecule has 1 amide bonds. The number of carbonyl (C=O) groups is 1. The van der Waals surface area contributed by atoms with E-state index in [0.717, 1.165) is 33.0 Å². The smallest absolute Gasteiger partial charge is 0.233 e. The number of aromatic nitrogens is 2. The highest BCUT2D eigenvalue weighted by atomic mass is 32.1. The third-order valence-electron chi connectivity index (χ3n) is 4.84. The lowest BCUT2D eigenvalue weighted by Crippen LogP contribution is -2.32. The summed E-state index contributed by atoms with van der Waals surface area (Å²) in [5.74, 6) is 1.48. The van der Waals surface area contributed by atoms with Gasteiger partial charge in [-0.05, 0) is 55.8 Å². The highest BCUT2D eigenvalue weighted by molar-refractivity contribution is 7.22. The summed E-state index contributed by atoms with van der Waals surface area (Å²) in [4.78, 5) is 24.3. The number of hydrogen-bond donors (Lipinski definition) is 0. The number of pyridine rings is 1. The maximum Gasteiger partial charge on any atom is 0.233 e. The van der Waals surface area contributed by atoms with E-state index in [1.807, 2.05) is 74.5 Å². The van der Waals surface area contributed by atoms with Crippen LogP contribution in [-0.4, -0.2) is 29.1 Å². The van der Waals surface area contributed by atoms with Crippen LogP contribution in [-0.2, 0) is 17.8 Å². The van der Waals surface area contributed by atoms with Crippen LogP contribution in [0.1, 0.15) is 25.1 Å². The Balaban J connectivity index is 1.64. The molecule has 0 spiro atoms. The fourth-order valence-corrected chi connectivity index (χ4v) is 4.36. The van der Waals surface area contributed by atoms with Crippen molar-refractivity contribution < 1.29 is 14.3 Å². The van der Waals surface area contributed by atoms with E-state index in [0.29, 0.717) is 24.9 Å². The van der Waals surface area contributed by atoms with Crippen molar-refractivity contribution in [1.29, 1.82) is 0 Å². The summed E-state index contributed by atoms with van der Waals surface area (Å²) < 4.78 is 12.2. The molecule has 0 aliphatic rings. The lowest BCUT2D eigenvalue weighted by atomic mass is 10.1. The second-order valence-corrected chi connectivity index (χ2v) is 8.10. The molecular weight excluding hydrogens is 422 g/mol. The van der Waals surface area contributed by atoms with Crippen LogP contribution in [0.15, 0.2) is 66.9 Å². The van der Waals surface area contributed by atoms with Gasteiger partial charge < -0.3 is 9.47 Å². The number of amides is 1. The van der Waals surface area contributed by atoms with Crippen LogP contribution < -0.4 is 14.4 Å². The van der Waals surface area contributed by atoms with Gasteiger partial charge in [0.15, 0.2) is 5.13 Å². The van der Waals surface area contributed by atoms with Crippen molar-refractivity contribution in [2.75, 3.05) is 18.1 Å². The van der Waals surface area contributed by atoms with E-state index in [-0.39, 0.29) is 12.3 Å². The van der Waals surface area contributed by atoms with Crippen molar-refractivity contribution in [3.8, 4) is 11.5 Å².